The van der Waals surface area contributed by atoms with Crippen LogP contribution in [0, 0.1) is 6.92 Å². The van der Waals surface area contributed by atoms with Gasteiger partial charge in [0.25, 0.3) is 0 Å². The molecule has 2 heterocycles. The Balaban J connectivity index is 1.69. The van der Waals surface area contributed by atoms with Crippen molar-refractivity contribution >= 4 is 15.8 Å². The molecule has 3 aromatic rings. The molecule has 2 N–H and O–H groups in total. The number of rotatable bonds is 7. The maximum absolute atomic E-state index is 11.6. The number of anilines is 1. The molecule has 0 aliphatic carbocycles. The van der Waals surface area contributed by atoms with Gasteiger partial charge in [-0.2, -0.15) is 0 Å². The number of aromatic nitrogens is 3. The Labute approximate surface area is 159 Å². The zero-order valence-corrected chi connectivity index (χ0v) is 16.0. The van der Waals surface area contributed by atoms with Gasteiger partial charge in [0.05, 0.1) is 5.75 Å². The summed E-state index contributed by atoms with van der Waals surface area (Å²) in [5.41, 5.74) is 3.55. The predicted octanol–water partition coefficient (Wildman–Crippen LogP) is 2.51. The van der Waals surface area contributed by atoms with E-state index < -0.39 is 10.0 Å². The van der Waals surface area contributed by atoms with Crippen LogP contribution in [0.3, 0.4) is 0 Å². The van der Waals surface area contributed by atoms with Crippen LogP contribution < -0.4 is 10.0 Å². The smallest absolute Gasteiger partial charge is 0.215 e. The van der Waals surface area contributed by atoms with Crippen molar-refractivity contribution in [1.82, 2.24) is 19.7 Å². The molecule has 0 saturated carbocycles. The topological polar surface area (TPSA) is 96.9 Å². The fraction of sp³-hybridized carbons (Fsp3) is 0.211. The molecule has 0 aliphatic rings. The van der Waals surface area contributed by atoms with Crippen LogP contribution in [0.5, 0.6) is 0 Å². The lowest BCUT2D eigenvalue weighted by atomic mass is 10.1. The molecule has 7 nitrogen and oxygen atoms in total. The van der Waals surface area contributed by atoms with Gasteiger partial charge in [0.2, 0.25) is 10.0 Å². The van der Waals surface area contributed by atoms with E-state index in [4.69, 9.17) is 0 Å². The summed E-state index contributed by atoms with van der Waals surface area (Å²) in [5, 5.41) is 3.29. The van der Waals surface area contributed by atoms with Crippen molar-refractivity contribution in [3.8, 4) is 11.4 Å². The van der Waals surface area contributed by atoms with Gasteiger partial charge in [-0.05, 0) is 37.2 Å². The molecule has 0 aliphatic heterocycles. The van der Waals surface area contributed by atoms with Crippen molar-refractivity contribution in [2.75, 3.05) is 12.4 Å². The monoisotopic (exact) mass is 383 g/mol. The first kappa shape index (κ1) is 18.9. The lowest BCUT2D eigenvalue weighted by Gasteiger charge is -2.09. The maximum atomic E-state index is 11.6. The van der Waals surface area contributed by atoms with E-state index in [1.54, 1.807) is 12.4 Å². The number of hydrogen-bond donors (Lipinski definition) is 2. The van der Waals surface area contributed by atoms with Gasteiger partial charge in [-0.1, -0.05) is 24.3 Å². The van der Waals surface area contributed by atoms with Gasteiger partial charge in [-0.25, -0.2) is 23.1 Å². The number of nitrogens with one attached hydrogen (secondary N) is 2. The van der Waals surface area contributed by atoms with Crippen LogP contribution >= 0.6 is 0 Å². The quantitative estimate of drug-likeness (QED) is 0.651. The molecule has 140 valence electrons. The zero-order chi connectivity index (χ0) is 19.3. The van der Waals surface area contributed by atoms with E-state index >= 15 is 0 Å². The maximum Gasteiger partial charge on any atom is 0.215 e. The Morgan fingerprint density at radius 3 is 2.30 bits per heavy atom. The van der Waals surface area contributed by atoms with Gasteiger partial charge in [0.15, 0.2) is 5.82 Å². The summed E-state index contributed by atoms with van der Waals surface area (Å²) in [6, 6.07) is 13.1. The lowest BCUT2D eigenvalue weighted by molar-refractivity contribution is 0.587. The van der Waals surface area contributed by atoms with Gasteiger partial charge in [-0.15, -0.1) is 0 Å². The molecular weight excluding hydrogens is 362 g/mol. The van der Waals surface area contributed by atoms with Crippen LogP contribution in [0.1, 0.15) is 16.8 Å². The molecule has 0 fully saturated rings. The molecule has 0 radical (unpaired) electrons. The van der Waals surface area contributed by atoms with Crippen LogP contribution in [-0.4, -0.2) is 30.4 Å². The Bertz CT molecular complexity index is 1010. The molecule has 1 aromatic carbocycles. The van der Waals surface area contributed by atoms with Gasteiger partial charge in [-0.3, -0.25) is 4.98 Å². The van der Waals surface area contributed by atoms with Gasteiger partial charge in [0, 0.05) is 36.3 Å². The van der Waals surface area contributed by atoms with E-state index in [-0.39, 0.29) is 5.75 Å². The molecule has 0 unspecified atom stereocenters. The molecule has 0 amide bonds. The summed E-state index contributed by atoms with van der Waals surface area (Å²) >= 11 is 0. The van der Waals surface area contributed by atoms with Crippen molar-refractivity contribution in [3.05, 3.63) is 71.7 Å². The predicted molar refractivity (Wildman–Crippen MR) is 105 cm³/mol. The lowest BCUT2D eigenvalue weighted by Crippen LogP contribution is -2.20. The SMILES string of the molecule is CNS(=O)(=O)Cc1ccc(CNc2cc(C)nc(-c3ccncc3)n2)cc1. The van der Waals surface area contributed by atoms with Crippen molar-refractivity contribution in [3.63, 3.8) is 0 Å². The fourth-order valence-corrected chi connectivity index (χ4v) is 3.30. The number of aryl methyl sites for hydroxylation is 1. The van der Waals surface area contributed by atoms with Crippen molar-refractivity contribution < 1.29 is 8.42 Å². The third-order valence-electron chi connectivity index (χ3n) is 3.96. The van der Waals surface area contributed by atoms with Crippen LogP contribution in [0.2, 0.25) is 0 Å². The molecule has 0 spiro atoms. The van der Waals surface area contributed by atoms with Crippen LogP contribution in [0.25, 0.3) is 11.4 Å². The Kier molecular flexibility index (Phi) is 5.78. The molecule has 3 rings (SSSR count). The Morgan fingerprint density at radius 1 is 0.963 bits per heavy atom. The highest BCUT2D eigenvalue weighted by Gasteiger charge is 2.08. The summed E-state index contributed by atoms with van der Waals surface area (Å²) in [6.07, 6.45) is 3.42. The third kappa shape index (κ3) is 5.32. The highest BCUT2D eigenvalue weighted by molar-refractivity contribution is 7.88. The number of pyridine rings is 1. The standard InChI is InChI=1S/C19H21N5O2S/c1-14-11-18(24-19(23-14)17-7-9-21-10-8-17)22-12-15-3-5-16(6-4-15)13-27(25,26)20-2/h3-11,20H,12-13H2,1-2H3,(H,22,23,24). The summed E-state index contributed by atoms with van der Waals surface area (Å²) in [6.45, 7) is 2.50. The van der Waals surface area contributed by atoms with Crippen LogP contribution in [-0.2, 0) is 22.3 Å². The normalized spacial score (nSPS) is 11.3. The second-order valence-electron chi connectivity index (χ2n) is 6.09. The number of benzene rings is 1. The minimum Gasteiger partial charge on any atom is -0.366 e. The van der Waals surface area contributed by atoms with E-state index in [0.29, 0.717) is 12.4 Å². The second kappa shape index (κ2) is 8.24. The largest absolute Gasteiger partial charge is 0.366 e. The fourth-order valence-electron chi connectivity index (χ4n) is 2.53. The zero-order valence-electron chi connectivity index (χ0n) is 15.2. The van der Waals surface area contributed by atoms with Gasteiger partial charge < -0.3 is 5.32 Å². The minimum absolute atomic E-state index is 0.0302. The molecule has 8 heteroatoms. The van der Waals surface area contributed by atoms with Crippen molar-refractivity contribution in [1.29, 1.82) is 0 Å². The summed E-state index contributed by atoms with van der Waals surface area (Å²) < 4.78 is 25.5. The van der Waals surface area contributed by atoms with Crippen LogP contribution in [0.15, 0.2) is 54.9 Å². The van der Waals surface area contributed by atoms with Crippen LogP contribution in [0.4, 0.5) is 5.82 Å². The van der Waals surface area contributed by atoms with E-state index in [9.17, 15) is 8.42 Å². The first-order chi connectivity index (χ1) is 12.9. The number of sulfonamides is 1. The summed E-state index contributed by atoms with van der Waals surface area (Å²) in [4.78, 5) is 13.0. The first-order valence-electron chi connectivity index (χ1n) is 8.44. The van der Waals surface area contributed by atoms with E-state index in [2.05, 4.69) is 25.0 Å². The minimum atomic E-state index is -3.26. The number of nitrogens with zero attached hydrogens (tertiary/aromatic N) is 3. The molecule has 0 bridgehead atoms. The van der Waals surface area contributed by atoms with Crippen molar-refractivity contribution in [2.24, 2.45) is 0 Å². The van der Waals surface area contributed by atoms with Gasteiger partial charge >= 0.3 is 0 Å². The van der Waals surface area contributed by atoms with E-state index in [1.165, 1.54) is 7.05 Å². The molecule has 0 saturated heterocycles. The number of hydrogen-bond acceptors (Lipinski definition) is 6. The molecule has 27 heavy (non-hydrogen) atoms. The molecule has 2 aromatic heterocycles. The van der Waals surface area contributed by atoms with Gasteiger partial charge in [0.1, 0.15) is 5.82 Å². The highest BCUT2D eigenvalue weighted by atomic mass is 32.2. The van der Waals surface area contributed by atoms with Crippen molar-refractivity contribution in [2.45, 2.75) is 19.2 Å². The Hall–Kier alpha value is -2.84. The van der Waals surface area contributed by atoms with E-state index in [0.717, 1.165) is 28.2 Å². The van der Waals surface area contributed by atoms with E-state index in [1.807, 2.05) is 49.4 Å². The molecular formula is C19H21N5O2S. The average molecular weight is 383 g/mol. The highest BCUT2D eigenvalue weighted by Crippen LogP contribution is 2.17. The Morgan fingerprint density at radius 2 is 1.63 bits per heavy atom. The first-order valence-corrected chi connectivity index (χ1v) is 10.1. The summed E-state index contributed by atoms with van der Waals surface area (Å²) in [7, 11) is -1.85. The molecule has 0 atom stereocenters. The summed E-state index contributed by atoms with van der Waals surface area (Å²) in [5.74, 6) is 1.35. The average Bonchev–Trinajstić information content (AvgIpc) is 2.67. The third-order valence-corrected chi connectivity index (χ3v) is 5.29. The second-order valence-corrected chi connectivity index (χ2v) is 8.01.